The van der Waals surface area contributed by atoms with Crippen molar-refractivity contribution in [3.63, 3.8) is 0 Å². The Balaban J connectivity index is 1.68. The zero-order valence-electron chi connectivity index (χ0n) is 16.3. The standard InChI is InChI=1S/C22H21BrF3NO3/c1-30-21(29)18-13-16(23)7-6-15(18)12-20(28)27-10-8-14(9-11-27)17-4-2-3-5-19(17)22(24,25)26/h2-7,13-14H,8-12H2,1H3. The Kier molecular flexibility index (Phi) is 6.85. The summed E-state index contributed by atoms with van der Waals surface area (Å²) in [5.74, 6) is -0.934. The van der Waals surface area contributed by atoms with Crippen molar-refractivity contribution in [2.45, 2.75) is 31.4 Å². The number of methoxy groups -OCH3 is 1. The number of alkyl halides is 3. The molecule has 0 aliphatic carbocycles. The van der Waals surface area contributed by atoms with E-state index in [0.717, 1.165) is 6.07 Å². The second-order valence-electron chi connectivity index (χ2n) is 7.21. The van der Waals surface area contributed by atoms with Gasteiger partial charge in [0, 0.05) is 17.6 Å². The van der Waals surface area contributed by atoms with Crippen LogP contribution in [-0.2, 0) is 22.1 Å². The molecule has 1 fully saturated rings. The van der Waals surface area contributed by atoms with Gasteiger partial charge in [-0.05, 0) is 48.1 Å². The largest absolute Gasteiger partial charge is 0.465 e. The van der Waals surface area contributed by atoms with Crippen LogP contribution in [0.2, 0.25) is 0 Å². The SMILES string of the molecule is COC(=O)c1cc(Br)ccc1CC(=O)N1CCC(c2ccccc2C(F)(F)F)CC1. The number of carbonyl (C=O) groups is 2. The van der Waals surface area contributed by atoms with E-state index in [1.165, 1.54) is 19.2 Å². The summed E-state index contributed by atoms with van der Waals surface area (Å²) in [7, 11) is 1.28. The summed E-state index contributed by atoms with van der Waals surface area (Å²) in [5, 5.41) is 0. The van der Waals surface area contributed by atoms with Gasteiger partial charge >= 0.3 is 12.1 Å². The van der Waals surface area contributed by atoms with Crippen molar-refractivity contribution in [2.75, 3.05) is 20.2 Å². The number of benzene rings is 2. The molecular weight excluding hydrogens is 463 g/mol. The summed E-state index contributed by atoms with van der Waals surface area (Å²) in [6.45, 7) is 0.750. The van der Waals surface area contributed by atoms with Crippen molar-refractivity contribution in [1.82, 2.24) is 4.90 Å². The number of halogens is 4. The van der Waals surface area contributed by atoms with Crippen molar-refractivity contribution >= 4 is 27.8 Å². The van der Waals surface area contributed by atoms with Crippen molar-refractivity contribution in [3.8, 4) is 0 Å². The van der Waals surface area contributed by atoms with Crippen molar-refractivity contribution in [1.29, 1.82) is 0 Å². The van der Waals surface area contributed by atoms with E-state index in [1.54, 1.807) is 29.2 Å². The maximum Gasteiger partial charge on any atom is 0.416 e. The van der Waals surface area contributed by atoms with Crippen LogP contribution in [0.15, 0.2) is 46.9 Å². The minimum absolute atomic E-state index is 0.0293. The summed E-state index contributed by atoms with van der Waals surface area (Å²) >= 11 is 3.30. The van der Waals surface area contributed by atoms with E-state index in [-0.39, 0.29) is 23.8 Å². The molecule has 1 heterocycles. The summed E-state index contributed by atoms with van der Waals surface area (Å²) in [5.41, 5.74) is 0.555. The lowest BCUT2D eigenvalue weighted by molar-refractivity contribution is -0.139. The van der Waals surface area contributed by atoms with Crippen LogP contribution in [0, 0.1) is 0 Å². The van der Waals surface area contributed by atoms with E-state index in [1.807, 2.05) is 0 Å². The monoisotopic (exact) mass is 483 g/mol. The first-order valence-corrected chi connectivity index (χ1v) is 10.3. The number of nitrogens with zero attached hydrogens (tertiary/aromatic N) is 1. The lowest BCUT2D eigenvalue weighted by Crippen LogP contribution is -2.39. The van der Waals surface area contributed by atoms with Crippen LogP contribution in [-0.4, -0.2) is 37.0 Å². The fourth-order valence-corrected chi connectivity index (χ4v) is 4.19. The zero-order chi connectivity index (χ0) is 21.9. The lowest BCUT2D eigenvalue weighted by atomic mass is 9.86. The summed E-state index contributed by atoms with van der Waals surface area (Å²) in [6, 6.07) is 10.7. The molecule has 30 heavy (non-hydrogen) atoms. The number of piperidine rings is 1. The molecule has 0 aromatic heterocycles. The Morgan fingerprint density at radius 3 is 2.43 bits per heavy atom. The maximum absolute atomic E-state index is 13.3. The van der Waals surface area contributed by atoms with Crippen LogP contribution < -0.4 is 0 Å². The quantitative estimate of drug-likeness (QED) is 0.561. The van der Waals surface area contributed by atoms with Gasteiger partial charge in [-0.1, -0.05) is 40.2 Å². The number of amides is 1. The molecule has 0 radical (unpaired) electrons. The van der Waals surface area contributed by atoms with E-state index < -0.39 is 17.7 Å². The molecule has 1 saturated heterocycles. The molecule has 1 aliphatic rings. The Bertz CT molecular complexity index is 937. The number of hydrogen-bond acceptors (Lipinski definition) is 3. The fraction of sp³-hybridized carbons (Fsp3) is 0.364. The van der Waals surface area contributed by atoms with E-state index in [0.29, 0.717) is 41.5 Å². The number of ether oxygens (including phenoxy) is 1. The highest BCUT2D eigenvalue weighted by molar-refractivity contribution is 9.10. The molecule has 0 saturated carbocycles. The van der Waals surface area contributed by atoms with E-state index in [2.05, 4.69) is 15.9 Å². The van der Waals surface area contributed by atoms with Gasteiger partial charge in [-0.2, -0.15) is 13.2 Å². The minimum Gasteiger partial charge on any atom is -0.465 e. The third-order valence-corrected chi connectivity index (χ3v) is 5.87. The Hall–Kier alpha value is -2.35. The third kappa shape index (κ3) is 5.03. The van der Waals surface area contributed by atoms with Gasteiger partial charge < -0.3 is 9.64 Å². The third-order valence-electron chi connectivity index (χ3n) is 5.37. The highest BCUT2D eigenvalue weighted by atomic mass is 79.9. The Morgan fingerprint density at radius 1 is 1.13 bits per heavy atom. The molecule has 3 rings (SSSR count). The van der Waals surface area contributed by atoms with Gasteiger partial charge in [0.25, 0.3) is 0 Å². The van der Waals surface area contributed by atoms with Gasteiger partial charge in [0.15, 0.2) is 0 Å². The maximum atomic E-state index is 13.3. The van der Waals surface area contributed by atoms with E-state index in [4.69, 9.17) is 4.74 Å². The molecule has 1 amide bonds. The number of carbonyl (C=O) groups excluding carboxylic acids is 2. The smallest absolute Gasteiger partial charge is 0.416 e. The second kappa shape index (κ2) is 9.20. The zero-order valence-corrected chi connectivity index (χ0v) is 17.9. The van der Waals surface area contributed by atoms with Gasteiger partial charge in [0.1, 0.15) is 0 Å². The number of hydrogen-bond donors (Lipinski definition) is 0. The lowest BCUT2D eigenvalue weighted by Gasteiger charge is -2.33. The topological polar surface area (TPSA) is 46.6 Å². The first-order valence-electron chi connectivity index (χ1n) is 9.51. The van der Waals surface area contributed by atoms with E-state index >= 15 is 0 Å². The highest BCUT2D eigenvalue weighted by Gasteiger charge is 2.36. The first-order chi connectivity index (χ1) is 14.2. The molecule has 0 unspecified atom stereocenters. The molecule has 4 nitrogen and oxygen atoms in total. The molecule has 0 atom stereocenters. The van der Waals surface area contributed by atoms with Gasteiger partial charge in [-0.25, -0.2) is 4.79 Å². The molecule has 0 N–H and O–H groups in total. The molecule has 160 valence electrons. The normalized spacial score (nSPS) is 15.2. The van der Waals surface area contributed by atoms with Gasteiger partial charge in [-0.3, -0.25) is 4.79 Å². The molecule has 8 heteroatoms. The molecule has 2 aromatic rings. The minimum atomic E-state index is -4.39. The first kappa shape index (κ1) is 22.3. The highest BCUT2D eigenvalue weighted by Crippen LogP contribution is 2.38. The summed E-state index contributed by atoms with van der Waals surface area (Å²) < 4.78 is 45.4. The average molecular weight is 484 g/mol. The van der Waals surface area contributed by atoms with Crippen LogP contribution in [0.4, 0.5) is 13.2 Å². The Morgan fingerprint density at radius 2 is 1.80 bits per heavy atom. The molecular formula is C22H21BrF3NO3. The van der Waals surface area contributed by atoms with Crippen molar-refractivity contribution < 1.29 is 27.5 Å². The molecule has 2 aromatic carbocycles. The van der Waals surface area contributed by atoms with Crippen LogP contribution >= 0.6 is 15.9 Å². The predicted octanol–water partition coefficient (Wildman–Crippen LogP) is 5.20. The number of rotatable bonds is 4. The van der Waals surface area contributed by atoms with Crippen molar-refractivity contribution in [2.24, 2.45) is 0 Å². The van der Waals surface area contributed by atoms with Gasteiger partial charge in [0.05, 0.1) is 24.7 Å². The molecule has 1 aliphatic heterocycles. The second-order valence-corrected chi connectivity index (χ2v) is 8.13. The average Bonchev–Trinajstić information content (AvgIpc) is 2.74. The number of esters is 1. The van der Waals surface area contributed by atoms with Crippen LogP contribution in [0.25, 0.3) is 0 Å². The van der Waals surface area contributed by atoms with Gasteiger partial charge in [-0.15, -0.1) is 0 Å². The van der Waals surface area contributed by atoms with Crippen LogP contribution in [0.1, 0.15) is 45.8 Å². The van der Waals surface area contributed by atoms with Gasteiger partial charge in [0.2, 0.25) is 5.91 Å². The Labute approximate surface area is 181 Å². The predicted molar refractivity (Wildman–Crippen MR) is 109 cm³/mol. The van der Waals surface area contributed by atoms with Crippen LogP contribution in [0.5, 0.6) is 0 Å². The fourth-order valence-electron chi connectivity index (χ4n) is 3.83. The molecule has 0 bridgehead atoms. The van der Waals surface area contributed by atoms with Crippen LogP contribution in [0.3, 0.4) is 0 Å². The summed E-state index contributed by atoms with van der Waals surface area (Å²) in [4.78, 5) is 26.4. The van der Waals surface area contributed by atoms with E-state index in [9.17, 15) is 22.8 Å². The number of likely N-dealkylation sites (tertiary alicyclic amines) is 1. The molecule has 0 spiro atoms. The van der Waals surface area contributed by atoms with Crippen molar-refractivity contribution in [3.05, 3.63) is 69.2 Å². The summed E-state index contributed by atoms with van der Waals surface area (Å²) in [6.07, 6.45) is -3.44.